The summed E-state index contributed by atoms with van der Waals surface area (Å²) in [4.78, 5) is 27.1. The average Bonchev–Trinajstić information content (AvgIpc) is 2.67. The second-order valence-corrected chi connectivity index (χ2v) is 7.58. The van der Waals surface area contributed by atoms with Gasteiger partial charge in [0.15, 0.2) is 0 Å². The summed E-state index contributed by atoms with van der Waals surface area (Å²) in [5.41, 5.74) is 0.0912. The van der Waals surface area contributed by atoms with Gasteiger partial charge in [-0.25, -0.2) is 4.79 Å². The molecular weight excluding hydrogens is 336 g/mol. The van der Waals surface area contributed by atoms with E-state index >= 15 is 0 Å². The molecule has 2 aliphatic rings. The zero-order valence-corrected chi connectivity index (χ0v) is 15.2. The molecule has 0 aromatic carbocycles. The number of hydrogen-bond acceptors (Lipinski definition) is 6. The van der Waals surface area contributed by atoms with Crippen LogP contribution >= 0.6 is 0 Å². The van der Waals surface area contributed by atoms with Crippen molar-refractivity contribution in [3.05, 3.63) is 33.4 Å². The lowest BCUT2D eigenvalue weighted by Crippen LogP contribution is -2.47. The van der Waals surface area contributed by atoms with E-state index in [4.69, 9.17) is 4.42 Å². The number of hydrogen-bond donors (Lipinski definition) is 3. The first-order valence-corrected chi connectivity index (χ1v) is 9.39. The van der Waals surface area contributed by atoms with Crippen molar-refractivity contribution in [2.75, 3.05) is 39.4 Å². The highest BCUT2D eigenvalue weighted by Gasteiger charge is 2.32. The van der Waals surface area contributed by atoms with Crippen LogP contribution in [0.3, 0.4) is 0 Å². The van der Waals surface area contributed by atoms with Gasteiger partial charge in [-0.05, 0) is 44.4 Å². The van der Waals surface area contributed by atoms with Crippen LogP contribution in [-0.2, 0) is 0 Å². The van der Waals surface area contributed by atoms with Crippen molar-refractivity contribution < 1.29 is 19.4 Å². The molecule has 7 heteroatoms. The zero-order valence-electron chi connectivity index (χ0n) is 15.2. The molecule has 2 aliphatic heterocycles. The van der Waals surface area contributed by atoms with Crippen molar-refractivity contribution in [3.8, 4) is 0 Å². The first kappa shape index (κ1) is 19.1. The quantitative estimate of drug-likeness (QED) is 0.718. The Morgan fingerprint density at radius 3 is 2.54 bits per heavy atom. The lowest BCUT2D eigenvalue weighted by molar-refractivity contribution is 0.0411. The van der Waals surface area contributed by atoms with Gasteiger partial charge in [0.2, 0.25) is 0 Å². The maximum Gasteiger partial charge on any atom is 0.349 e. The van der Waals surface area contributed by atoms with Crippen LogP contribution in [0, 0.1) is 18.8 Å². The highest BCUT2D eigenvalue weighted by molar-refractivity contribution is 5.95. The summed E-state index contributed by atoms with van der Waals surface area (Å²) in [7, 11) is 0. The van der Waals surface area contributed by atoms with Crippen molar-refractivity contribution in [1.29, 1.82) is 0 Å². The van der Waals surface area contributed by atoms with Crippen LogP contribution in [0.5, 0.6) is 0 Å². The molecule has 3 rings (SSSR count). The molecule has 2 fully saturated rings. The Morgan fingerprint density at radius 2 is 2.00 bits per heavy atom. The zero-order chi connectivity index (χ0) is 18.7. The van der Waals surface area contributed by atoms with E-state index in [0.29, 0.717) is 30.8 Å². The standard InChI is InChI=1S/C19H28N2O5/c1-12-5-16(15-3-2-4-20-7-15)26-19(25)17(12)18(24)21-8-13(10-22)6-14(9-21)11-23/h5,13-15,20,22-23H,2-4,6-11H2,1H3/t13-,14+,15?. The predicted molar refractivity (Wildman–Crippen MR) is 96.2 cm³/mol. The minimum Gasteiger partial charge on any atom is -0.427 e. The fourth-order valence-electron chi connectivity index (χ4n) is 4.09. The van der Waals surface area contributed by atoms with Crippen molar-refractivity contribution >= 4 is 5.91 Å². The van der Waals surface area contributed by atoms with E-state index in [2.05, 4.69) is 5.32 Å². The summed E-state index contributed by atoms with van der Waals surface area (Å²) in [5, 5.41) is 22.2. The smallest absolute Gasteiger partial charge is 0.349 e. The molecular formula is C19H28N2O5. The van der Waals surface area contributed by atoms with Crippen molar-refractivity contribution in [3.63, 3.8) is 0 Å². The molecule has 1 aromatic rings. The van der Waals surface area contributed by atoms with Gasteiger partial charge in [-0.15, -0.1) is 0 Å². The van der Waals surface area contributed by atoms with E-state index in [1.807, 2.05) is 6.07 Å². The largest absolute Gasteiger partial charge is 0.427 e. The van der Waals surface area contributed by atoms with Crippen molar-refractivity contribution in [2.45, 2.75) is 32.1 Å². The first-order chi connectivity index (χ1) is 12.5. The lowest BCUT2D eigenvalue weighted by Gasteiger charge is -2.36. The molecule has 0 aliphatic carbocycles. The Morgan fingerprint density at radius 1 is 1.31 bits per heavy atom. The van der Waals surface area contributed by atoms with Gasteiger partial charge in [-0.3, -0.25) is 4.79 Å². The summed E-state index contributed by atoms with van der Waals surface area (Å²) in [6.45, 7) is 4.21. The molecule has 3 N–H and O–H groups in total. The Labute approximate surface area is 153 Å². The minimum atomic E-state index is -0.595. The molecule has 2 saturated heterocycles. The molecule has 1 aromatic heterocycles. The summed E-state index contributed by atoms with van der Waals surface area (Å²) in [6.07, 6.45) is 2.68. The van der Waals surface area contributed by atoms with Gasteiger partial charge in [-0.1, -0.05) is 0 Å². The maximum absolute atomic E-state index is 12.9. The maximum atomic E-state index is 12.9. The van der Waals surface area contributed by atoms with E-state index in [1.165, 1.54) is 0 Å². The normalized spacial score (nSPS) is 26.7. The van der Waals surface area contributed by atoms with E-state index in [-0.39, 0.29) is 42.4 Å². The lowest BCUT2D eigenvalue weighted by atomic mass is 9.89. The fourth-order valence-corrected chi connectivity index (χ4v) is 4.09. The third-order valence-electron chi connectivity index (χ3n) is 5.51. The second kappa shape index (κ2) is 8.33. The number of aryl methyl sites for hydroxylation is 1. The number of aliphatic hydroxyl groups is 2. The Kier molecular flexibility index (Phi) is 6.11. The van der Waals surface area contributed by atoms with Gasteiger partial charge in [0.1, 0.15) is 11.3 Å². The fraction of sp³-hybridized carbons (Fsp3) is 0.684. The van der Waals surface area contributed by atoms with Crippen LogP contribution in [0.1, 0.15) is 46.9 Å². The van der Waals surface area contributed by atoms with E-state index in [1.54, 1.807) is 11.8 Å². The molecule has 3 heterocycles. The summed E-state index contributed by atoms with van der Waals surface area (Å²) in [6, 6.07) is 1.81. The van der Waals surface area contributed by atoms with Crippen LogP contribution in [0.2, 0.25) is 0 Å². The Balaban J connectivity index is 1.83. The number of nitrogens with zero attached hydrogens (tertiary/aromatic N) is 1. The Hall–Kier alpha value is -1.70. The highest BCUT2D eigenvalue weighted by Crippen LogP contribution is 2.26. The van der Waals surface area contributed by atoms with E-state index in [0.717, 1.165) is 25.9 Å². The number of amides is 1. The molecule has 0 radical (unpaired) electrons. The molecule has 1 amide bonds. The molecule has 7 nitrogen and oxygen atoms in total. The number of likely N-dealkylation sites (tertiary alicyclic amines) is 1. The minimum absolute atomic E-state index is 0.0402. The Bertz CT molecular complexity index is 684. The molecule has 144 valence electrons. The average molecular weight is 364 g/mol. The summed E-state index contributed by atoms with van der Waals surface area (Å²) >= 11 is 0. The molecule has 1 unspecified atom stereocenters. The second-order valence-electron chi connectivity index (χ2n) is 7.58. The molecule has 0 bridgehead atoms. The van der Waals surface area contributed by atoms with Crippen LogP contribution in [-0.4, -0.2) is 60.4 Å². The molecule has 3 atom stereocenters. The summed E-state index contributed by atoms with van der Waals surface area (Å²) in [5.74, 6) is 0.263. The summed E-state index contributed by atoms with van der Waals surface area (Å²) < 4.78 is 5.51. The van der Waals surface area contributed by atoms with Gasteiger partial charge >= 0.3 is 5.63 Å². The topological polar surface area (TPSA) is 103 Å². The van der Waals surface area contributed by atoms with Gasteiger partial charge in [0.05, 0.1) is 0 Å². The number of rotatable bonds is 4. The van der Waals surface area contributed by atoms with Gasteiger partial charge in [0.25, 0.3) is 5.91 Å². The number of carbonyl (C=O) groups excluding carboxylic acids is 1. The predicted octanol–water partition coefficient (Wildman–Crippen LogP) is 0.478. The van der Waals surface area contributed by atoms with Crippen molar-refractivity contribution in [2.24, 2.45) is 11.8 Å². The van der Waals surface area contributed by atoms with E-state index in [9.17, 15) is 19.8 Å². The van der Waals surface area contributed by atoms with Crippen LogP contribution < -0.4 is 10.9 Å². The van der Waals surface area contributed by atoms with Crippen LogP contribution in [0.4, 0.5) is 0 Å². The van der Waals surface area contributed by atoms with Gasteiger partial charge in [0, 0.05) is 50.6 Å². The molecule has 26 heavy (non-hydrogen) atoms. The number of aliphatic hydroxyl groups excluding tert-OH is 2. The molecule has 0 saturated carbocycles. The van der Waals surface area contributed by atoms with E-state index < -0.39 is 5.63 Å². The third-order valence-corrected chi connectivity index (χ3v) is 5.51. The van der Waals surface area contributed by atoms with Crippen LogP contribution in [0.25, 0.3) is 0 Å². The third kappa shape index (κ3) is 4.00. The SMILES string of the molecule is Cc1cc(C2CCCNC2)oc(=O)c1C(=O)N1C[C@H](CO)C[C@H](CO)C1. The first-order valence-electron chi connectivity index (χ1n) is 9.39. The number of nitrogens with one attached hydrogen (secondary N) is 1. The highest BCUT2D eigenvalue weighted by atomic mass is 16.4. The van der Waals surface area contributed by atoms with Gasteiger partial charge < -0.3 is 24.8 Å². The van der Waals surface area contributed by atoms with Gasteiger partial charge in [-0.2, -0.15) is 0 Å². The van der Waals surface area contributed by atoms with Crippen molar-refractivity contribution in [1.82, 2.24) is 10.2 Å². The van der Waals surface area contributed by atoms with Crippen LogP contribution in [0.15, 0.2) is 15.3 Å². The molecule has 0 spiro atoms. The monoisotopic (exact) mass is 364 g/mol. The number of carbonyl (C=O) groups is 1. The number of piperidine rings is 2.